The Balaban J connectivity index is 1.85. The Hall–Kier alpha value is -2.36. The van der Waals surface area contributed by atoms with Crippen LogP contribution < -0.4 is 5.43 Å². The van der Waals surface area contributed by atoms with Crippen LogP contribution in [0.25, 0.3) is 0 Å². The van der Waals surface area contributed by atoms with E-state index < -0.39 is 0 Å². The number of amides is 1. The molecule has 1 amide bonds. The van der Waals surface area contributed by atoms with Crippen molar-refractivity contribution in [2.75, 3.05) is 0 Å². The Morgan fingerprint density at radius 3 is 2.78 bits per heavy atom. The molecule has 0 atom stereocenters. The van der Waals surface area contributed by atoms with Crippen molar-refractivity contribution in [2.24, 2.45) is 5.10 Å². The van der Waals surface area contributed by atoms with Crippen LogP contribution in [-0.4, -0.2) is 12.1 Å². The van der Waals surface area contributed by atoms with E-state index in [-0.39, 0.29) is 5.91 Å². The number of rotatable bonds is 4. The molecule has 0 spiro atoms. The van der Waals surface area contributed by atoms with Gasteiger partial charge in [0.25, 0.3) is 5.91 Å². The lowest BCUT2D eigenvalue weighted by atomic mass is 10.2. The molecule has 1 heterocycles. The maximum Gasteiger partial charge on any atom is 0.274 e. The number of furan rings is 1. The molecule has 0 bridgehead atoms. The van der Waals surface area contributed by atoms with E-state index in [1.165, 1.54) is 6.26 Å². The quantitative estimate of drug-likeness (QED) is 0.661. The molecular weight excluding hydrogens is 228 g/mol. The van der Waals surface area contributed by atoms with Crippen LogP contribution in [0.5, 0.6) is 0 Å². The van der Waals surface area contributed by atoms with E-state index in [2.05, 4.69) is 10.5 Å². The number of aryl methyl sites for hydroxylation is 1. The number of nitrogens with one attached hydrogen (secondary N) is 1. The van der Waals surface area contributed by atoms with Gasteiger partial charge in [0, 0.05) is 12.6 Å². The van der Waals surface area contributed by atoms with Crippen LogP contribution in [0.3, 0.4) is 0 Å². The van der Waals surface area contributed by atoms with Crippen molar-refractivity contribution in [3.8, 4) is 0 Å². The standard InChI is InChI=1S/C14H14N2O2/c1-11-13(8-10-18-11)14(17)16-15-9-7-12-5-3-2-4-6-12/h2-6,8-10H,7H2,1H3,(H,16,17). The van der Waals surface area contributed by atoms with Crippen LogP contribution in [0, 0.1) is 6.92 Å². The second-order valence-electron chi connectivity index (χ2n) is 3.83. The van der Waals surface area contributed by atoms with E-state index in [4.69, 9.17) is 4.42 Å². The van der Waals surface area contributed by atoms with E-state index in [0.717, 1.165) is 5.56 Å². The van der Waals surface area contributed by atoms with Gasteiger partial charge < -0.3 is 4.42 Å². The summed E-state index contributed by atoms with van der Waals surface area (Å²) in [6.45, 7) is 1.74. The third kappa shape index (κ3) is 3.07. The van der Waals surface area contributed by atoms with E-state index in [9.17, 15) is 4.79 Å². The Labute approximate surface area is 105 Å². The SMILES string of the molecule is Cc1occc1C(=O)NN=CCc1ccccc1. The zero-order chi connectivity index (χ0) is 12.8. The van der Waals surface area contributed by atoms with Crippen LogP contribution >= 0.6 is 0 Å². The fourth-order valence-electron chi connectivity index (χ4n) is 1.55. The minimum absolute atomic E-state index is 0.259. The molecule has 0 aliphatic heterocycles. The molecule has 4 heteroatoms. The summed E-state index contributed by atoms with van der Waals surface area (Å²) < 4.78 is 5.05. The van der Waals surface area contributed by atoms with Gasteiger partial charge >= 0.3 is 0 Å². The number of carbonyl (C=O) groups is 1. The Kier molecular flexibility index (Phi) is 3.91. The molecule has 0 fully saturated rings. The third-order valence-corrected chi connectivity index (χ3v) is 2.53. The molecule has 2 aromatic rings. The largest absolute Gasteiger partial charge is 0.469 e. The lowest BCUT2D eigenvalue weighted by Crippen LogP contribution is -2.17. The Morgan fingerprint density at radius 2 is 2.11 bits per heavy atom. The van der Waals surface area contributed by atoms with E-state index in [1.807, 2.05) is 30.3 Å². The monoisotopic (exact) mass is 242 g/mol. The summed E-state index contributed by atoms with van der Waals surface area (Å²) >= 11 is 0. The van der Waals surface area contributed by atoms with Crippen molar-refractivity contribution in [3.05, 3.63) is 59.5 Å². The van der Waals surface area contributed by atoms with Gasteiger partial charge in [0.05, 0.1) is 11.8 Å². The van der Waals surface area contributed by atoms with Gasteiger partial charge in [0.15, 0.2) is 0 Å². The highest BCUT2D eigenvalue weighted by molar-refractivity contribution is 5.95. The molecular formula is C14H14N2O2. The molecule has 1 aromatic heterocycles. The maximum absolute atomic E-state index is 11.7. The zero-order valence-electron chi connectivity index (χ0n) is 10.1. The fourth-order valence-corrected chi connectivity index (χ4v) is 1.55. The lowest BCUT2D eigenvalue weighted by Gasteiger charge is -1.97. The summed E-state index contributed by atoms with van der Waals surface area (Å²) in [4.78, 5) is 11.7. The van der Waals surface area contributed by atoms with Crippen molar-refractivity contribution >= 4 is 12.1 Å². The highest BCUT2D eigenvalue weighted by Crippen LogP contribution is 2.07. The van der Waals surface area contributed by atoms with Crippen molar-refractivity contribution in [2.45, 2.75) is 13.3 Å². The van der Waals surface area contributed by atoms with Crippen LogP contribution in [0.4, 0.5) is 0 Å². The van der Waals surface area contributed by atoms with Gasteiger partial charge in [-0.3, -0.25) is 4.79 Å². The van der Waals surface area contributed by atoms with Crippen molar-refractivity contribution in [1.82, 2.24) is 5.43 Å². The maximum atomic E-state index is 11.7. The molecule has 0 unspecified atom stereocenters. The summed E-state index contributed by atoms with van der Waals surface area (Å²) in [5, 5.41) is 3.90. The van der Waals surface area contributed by atoms with Crippen molar-refractivity contribution in [1.29, 1.82) is 0 Å². The van der Waals surface area contributed by atoms with Gasteiger partial charge in [-0.15, -0.1) is 0 Å². The number of nitrogens with zero attached hydrogens (tertiary/aromatic N) is 1. The molecule has 0 aliphatic carbocycles. The third-order valence-electron chi connectivity index (χ3n) is 2.53. The van der Waals surface area contributed by atoms with E-state index in [0.29, 0.717) is 17.7 Å². The predicted octanol–water partition coefficient (Wildman–Crippen LogP) is 2.55. The normalized spacial score (nSPS) is 10.7. The summed E-state index contributed by atoms with van der Waals surface area (Å²) in [5.41, 5.74) is 4.12. The minimum atomic E-state index is -0.259. The number of hydrogen-bond acceptors (Lipinski definition) is 3. The lowest BCUT2D eigenvalue weighted by molar-refractivity contribution is 0.0953. The summed E-state index contributed by atoms with van der Waals surface area (Å²) in [6.07, 6.45) is 3.84. The molecule has 4 nitrogen and oxygen atoms in total. The average Bonchev–Trinajstić information content (AvgIpc) is 2.82. The molecule has 1 N–H and O–H groups in total. The highest BCUT2D eigenvalue weighted by atomic mass is 16.3. The van der Waals surface area contributed by atoms with Gasteiger partial charge in [0.1, 0.15) is 5.76 Å². The molecule has 2 rings (SSSR count). The minimum Gasteiger partial charge on any atom is -0.469 e. The molecule has 92 valence electrons. The number of hydrazone groups is 1. The van der Waals surface area contributed by atoms with Gasteiger partial charge in [-0.2, -0.15) is 5.10 Å². The molecule has 18 heavy (non-hydrogen) atoms. The summed E-state index contributed by atoms with van der Waals surface area (Å²) in [6, 6.07) is 11.5. The van der Waals surface area contributed by atoms with Crippen LogP contribution in [-0.2, 0) is 6.42 Å². The first-order chi connectivity index (χ1) is 8.77. The first kappa shape index (κ1) is 12.1. The van der Waals surface area contributed by atoms with Gasteiger partial charge in [0.2, 0.25) is 0 Å². The number of hydrogen-bond donors (Lipinski definition) is 1. The van der Waals surface area contributed by atoms with Gasteiger partial charge in [-0.25, -0.2) is 5.43 Å². The van der Waals surface area contributed by atoms with Crippen molar-refractivity contribution in [3.63, 3.8) is 0 Å². The van der Waals surface area contributed by atoms with Gasteiger partial charge in [-0.1, -0.05) is 30.3 Å². The number of carbonyl (C=O) groups excluding carboxylic acids is 1. The van der Waals surface area contributed by atoms with Crippen molar-refractivity contribution < 1.29 is 9.21 Å². The van der Waals surface area contributed by atoms with Crippen LogP contribution in [0.1, 0.15) is 21.7 Å². The van der Waals surface area contributed by atoms with Gasteiger partial charge in [-0.05, 0) is 18.6 Å². The van der Waals surface area contributed by atoms with Crippen LogP contribution in [0.2, 0.25) is 0 Å². The second kappa shape index (κ2) is 5.82. The Morgan fingerprint density at radius 1 is 1.33 bits per heavy atom. The molecule has 0 saturated carbocycles. The smallest absolute Gasteiger partial charge is 0.274 e. The first-order valence-electron chi connectivity index (χ1n) is 5.67. The summed E-state index contributed by atoms with van der Waals surface area (Å²) in [7, 11) is 0. The first-order valence-corrected chi connectivity index (χ1v) is 5.67. The zero-order valence-corrected chi connectivity index (χ0v) is 10.1. The molecule has 0 radical (unpaired) electrons. The topological polar surface area (TPSA) is 54.6 Å². The molecule has 0 saturated heterocycles. The second-order valence-corrected chi connectivity index (χ2v) is 3.83. The van der Waals surface area contributed by atoms with E-state index in [1.54, 1.807) is 19.2 Å². The predicted molar refractivity (Wildman–Crippen MR) is 69.5 cm³/mol. The Bertz CT molecular complexity index is 544. The number of benzene rings is 1. The molecule has 1 aromatic carbocycles. The fraction of sp³-hybridized carbons (Fsp3) is 0.143. The average molecular weight is 242 g/mol. The van der Waals surface area contributed by atoms with E-state index >= 15 is 0 Å². The molecule has 0 aliphatic rings. The van der Waals surface area contributed by atoms with Crippen LogP contribution in [0.15, 0.2) is 52.2 Å². The highest BCUT2D eigenvalue weighted by Gasteiger charge is 2.09. The summed E-state index contributed by atoms with van der Waals surface area (Å²) in [5.74, 6) is 0.330.